The molecule has 184 valence electrons. The Kier molecular flexibility index (Phi) is 6.42. The number of likely N-dealkylation sites (tertiary alicyclic amines) is 1. The molecule has 2 aromatic rings. The Labute approximate surface area is 205 Å². The number of carbonyl (C=O) groups excluding carboxylic acids is 1. The van der Waals surface area contributed by atoms with E-state index in [0.717, 1.165) is 43.0 Å². The van der Waals surface area contributed by atoms with Crippen LogP contribution >= 0.6 is 12.2 Å². The lowest BCUT2D eigenvalue weighted by atomic mass is 10.0. The lowest BCUT2D eigenvalue weighted by molar-refractivity contribution is -0.137. The maximum Gasteiger partial charge on any atom is 0.417 e. The number of carbonyl (C=O) groups is 1. The molecule has 0 aliphatic carbocycles. The molecule has 0 radical (unpaired) electrons. The van der Waals surface area contributed by atoms with E-state index in [4.69, 9.17) is 22.2 Å². The van der Waals surface area contributed by atoms with Gasteiger partial charge in [0.1, 0.15) is 11.6 Å². The number of ether oxygens (including phenoxy) is 1. The van der Waals surface area contributed by atoms with E-state index in [1.807, 2.05) is 0 Å². The van der Waals surface area contributed by atoms with Gasteiger partial charge in [0.05, 0.1) is 41.0 Å². The van der Waals surface area contributed by atoms with Gasteiger partial charge in [0.15, 0.2) is 5.11 Å². The topological polar surface area (TPSA) is 85.6 Å². The molecule has 0 unspecified atom stereocenters. The highest BCUT2D eigenvalue weighted by Crippen LogP contribution is 2.39. The standard InChI is InChI=1S/C23H23F3N6O2S/c1-22(2)19(33)31(15-5-4-14(11-27)18(10-15)23(24,25)26)21(35)32(22)16-12-28-20(29-13-16)34-17-6-8-30(3)9-7-17/h4-5,10,12-13,17H,6-9H2,1-3H3. The van der Waals surface area contributed by atoms with Crippen molar-refractivity contribution in [2.45, 2.75) is 44.5 Å². The quantitative estimate of drug-likeness (QED) is 0.582. The number of piperidine rings is 1. The molecule has 0 atom stereocenters. The Balaban J connectivity index is 1.61. The van der Waals surface area contributed by atoms with Crippen molar-refractivity contribution in [2.24, 2.45) is 0 Å². The third-order valence-corrected chi connectivity index (χ3v) is 6.53. The minimum Gasteiger partial charge on any atom is -0.460 e. The predicted molar refractivity (Wildman–Crippen MR) is 126 cm³/mol. The molecule has 0 N–H and O–H groups in total. The van der Waals surface area contributed by atoms with Crippen LogP contribution in [0.1, 0.15) is 37.8 Å². The molecule has 2 aliphatic rings. The average Bonchev–Trinajstić information content (AvgIpc) is 2.98. The van der Waals surface area contributed by atoms with E-state index < -0.39 is 28.7 Å². The van der Waals surface area contributed by atoms with Crippen molar-refractivity contribution in [3.63, 3.8) is 0 Å². The molecule has 12 heteroatoms. The summed E-state index contributed by atoms with van der Waals surface area (Å²) in [6.45, 7) is 5.06. The van der Waals surface area contributed by atoms with E-state index in [1.165, 1.54) is 29.4 Å². The van der Waals surface area contributed by atoms with Crippen LogP contribution in [0, 0.1) is 11.3 Å². The first-order valence-electron chi connectivity index (χ1n) is 10.9. The molecule has 1 amide bonds. The van der Waals surface area contributed by atoms with E-state index in [9.17, 15) is 18.0 Å². The number of alkyl halides is 3. The van der Waals surface area contributed by atoms with Gasteiger partial charge < -0.3 is 14.5 Å². The van der Waals surface area contributed by atoms with E-state index in [1.54, 1.807) is 13.8 Å². The zero-order valence-corrected chi connectivity index (χ0v) is 20.2. The molecule has 0 spiro atoms. The Bertz CT molecular complexity index is 1190. The highest BCUT2D eigenvalue weighted by Gasteiger charge is 2.51. The molecule has 0 bridgehead atoms. The van der Waals surface area contributed by atoms with E-state index in [2.05, 4.69) is 21.9 Å². The summed E-state index contributed by atoms with van der Waals surface area (Å²) < 4.78 is 46.3. The van der Waals surface area contributed by atoms with Crippen molar-refractivity contribution in [1.29, 1.82) is 5.26 Å². The smallest absolute Gasteiger partial charge is 0.417 e. The van der Waals surface area contributed by atoms with Crippen LogP contribution < -0.4 is 14.5 Å². The fourth-order valence-corrected chi connectivity index (χ4v) is 4.72. The summed E-state index contributed by atoms with van der Waals surface area (Å²) in [5.74, 6) is -0.521. The molecule has 2 aliphatic heterocycles. The first-order chi connectivity index (χ1) is 16.4. The van der Waals surface area contributed by atoms with Crippen molar-refractivity contribution in [2.75, 3.05) is 29.9 Å². The lowest BCUT2D eigenvalue weighted by Crippen LogP contribution is -2.44. The van der Waals surface area contributed by atoms with Crippen molar-refractivity contribution in [3.05, 3.63) is 41.7 Å². The second kappa shape index (κ2) is 9.05. The summed E-state index contributed by atoms with van der Waals surface area (Å²) in [5, 5.41) is 9.04. The van der Waals surface area contributed by atoms with Gasteiger partial charge in [0, 0.05) is 13.1 Å². The molecule has 1 aromatic carbocycles. The van der Waals surface area contributed by atoms with E-state index >= 15 is 0 Å². The van der Waals surface area contributed by atoms with Crippen LogP contribution in [0.3, 0.4) is 0 Å². The van der Waals surface area contributed by atoms with Crippen LogP contribution in [-0.4, -0.2) is 57.7 Å². The fourth-order valence-electron chi connectivity index (χ4n) is 4.20. The first kappa shape index (κ1) is 24.8. The van der Waals surface area contributed by atoms with Gasteiger partial charge in [-0.1, -0.05) is 0 Å². The second-order valence-electron chi connectivity index (χ2n) is 9.00. The highest BCUT2D eigenvalue weighted by atomic mass is 32.1. The molecule has 3 heterocycles. The monoisotopic (exact) mass is 504 g/mol. The number of nitrogens with zero attached hydrogens (tertiary/aromatic N) is 6. The Hall–Kier alpha value is -3.30. The lowest BCUT2D eigenvalue weighted by Gasteiger charge is -2.30. The van der Waals surface area contributed by atoms with Crippen molar-refractivity contribution in [3.8, 4) is 12.1 Å². The minimum absolute atomic E-state index is 0.0117. The van der Waals surface area contributed by atoms with Crippen LogP contribution in [0.5, 0.6) is 6.01 Å². The molecule has 35 heavy (non-hydrogen) atoms. The van der Waals surface area contributed by atoms with Gasteiger partial charge in [0.2, 0.25) is 0 Å². The normalized spacial score (nSPS) is 19.2. The summed E-state index contributed by atoms with van der Waals surface area (Å²) >= 11 is 5.52. The minimum atomic E-state index is -4.77. The molecule has 4 rings (SSSR count). The van der Waals surface area contributed by atoms with Crippen LogP contribution in [0.2, 0.25) is 0 Å². The van der Waals surface area contributed by atoms with Crippen LogP contribution in [0.4, 0.5) is 24.5 Å². The Morgan fingerprint density at radius 2 is 1.80 bits per heavy atom. The summed E-state index contributed by atoms with van der Waals surface area (Å²) in [6, 6.07) is 4.80. The summed E-state index contributed by atoms with van der Waals surface area (Å²) in [5.41, 5.74) is -2.57. The largest absolute Gasteiger partial charge is 0.460 e. The molecular formula is C23H23F3N6O2S. The fraction of sp³-hybridized carbons (Fsp3) is 0.435. The van der Waals surface area contributed by atoms with Crippen LogP contribution in [0.15, 0.2) is 30.6 Å². The molecule has 2 saturated heterocycles. The summed E-state index contributed by atoms with van der Waals surface area (Å²) in [6.07, 6.45) is -0.0857. The van der Waals surface area contributed by atoms with E-state index in [-0.39, 0.29) is 22.9 Å². The van der Waals surface area contributed by atoms with Gasteiger partial charge in [-0.25, -0.2) is 9.97 Å². The van der Waals surface area contributed by atoms with Crippen molar-refractivity contribution >= 4 is 34.6 Å². The molecular weight excluding hydrogens is 481 g/mol. The number of nitriles is 1. The molecule has 1 aromatic heterocycles. The Morgan fingerprint density at radius 3 is 2.37 bits per heavy atom. The maximum atomic E-state index is 13.5. The maximum absolute atomic E-state index is 13.5. The van der Waals surface area contributed by atoms with E-state index in [0.29, 0.717) is 5.69 Å². The van der Waals surface area contributed by atoms with Crippen LogP contribution in [0.25, 0.3) is 0 Å². The average molecular weight is 505 g/mol. The van der Waals surface area contributed by atoms with Gasteiger partial charge in [-0.3, -0.25) is 9.69 Å². The third-order valence-electron chi connectivity index (χ3n) is 6.17. The van der Waals surface area contributed by atoms with Gasteiger partial charge in [0.25, 0.3) is 5.91 Å². The SMILES string of the molecule is CN1CCC(Oc2ncc(N3C(=S)N(c4ccc(C#N)c(C(F)(F)F)c4)C(=O)C3(C)C)cn2)CC1. The zero-order valence-electron chi connectivity index (χ0n) is 19.3. The number of benzene rings is 1. The molecule has 0 saturated carbocycles. The second-order valence-corrected chi connectivity index (χ2v) is 9.37. The van der Waals surface area contributed by atoms with Gasteiger partial charge >= 0.3 is 12.2 Å². The van der Waals surface area contributed by atoms with Crippen LogP contribution in [-0.2, 0) is 11.0 Å². The number of halogens is 3. The first-order valence-corrected chi connectivity index (χ1v) is 11.3. The van der Waals surface area contributed by atoms with Gasteiger partial charge in [-0.2, -0.15) is 18.4 Å². The number of rotatable bonds is 4. The van der Waals surface area contributed by atoms with Crippen molar-refractivity contribution in [1.82, 2.24) is 14.9 Å². The molecule has 2 fully saturated rings. The third kappa shape index (κ3) is 4.66. The number of anilines is 2. The highest BCUT2D eigenvalue weighted by molar-refractivity contribution is 7.81. The zero-order chi connectivity index (χ0) is 25.5. The number of hydrogen-bond acceptors (Lipinski definition) is 7. The number of hydrogen-bond donors (Lipinski definition) is 0. The van der Waals surface area contributed by atoms with Crippen molar-refractivity contribution < 1.29 is 22.7 Å². The Morgan fingerprint density at radius 1 is 1.17 bits per heavy atom. The molecule has 8 nitrogen and oxygen atoms in total. The van der Waals surface area contributed by atoms with Gasteiger partial charge in [-0.05, 0) is 64.2 Å². The number of thiocarbonyl (C=S) groups is 1. The summed E-state index contributed by atoms with van der Waals surface area (Å²) in [7, 11) is 2.05. The predicted octanol–water partition coefficient (Wildman–Crippen LogP) is 3.76. The number of amides is 1. The van der Waals surface area contributed by atoms with Gasteiger partial charge in [-0.15, -0.1) is 0 Å². The number of aromatic nitrogens is 2. The summed E-state index contributed by atoms with van der Waals surface area (Å²) in [4.78, 5) is 26.6.